The first-order valence-corrected chi connectivity index (χ1v) is 6.96. The molecule has 1 fully saturated rings. The van der Waals surface area contributed by atoms with Crippen molar-refractivity contribution < 1.29 is 14.1 Å². The molecule has 0 saturated carbocycles. The normalized spacial score (nSPS) is 23.4. The van der Waals surface area contributed by atoms with E-state index in [-0.39, 0.29) is 17.1 Å². The van der Waals surface area contributed by atoms with Gasteiger partial charge in [-0.15, -0.1) is 0 Å². The van der Waals surface area contributed by atoms with Crippen LogP contribution in [-0.4, -0.2) is 36.2 Å². The largest absolute Gasteiger partial charge is 0.495 e. The molecule has 2 aliphatic rings. The van der Waals surface area contributed by atoms with Crippen molar-refractivity contribution in [1.82, 2.24) is 4.90 Å². The molecule has 0 aliphatic carbocycles. The van der Waals surface area contributed by atoms with Gasteiger partial charge in [-0.05, 0) is 44.8 Å². The van der Waals surface area contributed by atoms with Gasteiger partial charge in [0, 0.05) is 19.2 Å². The van der Waals surface area contributed by atoms with E-state index in [0.29, 0.717) is 6.54 Å². The molecule has 0 unspecified atom stereocenters. The summed E-state index contributed by atoms with van der Waals surface area (Å²) in [7, 11) is 1.41. The number of fused-ring (bicyclic) bond motifs is 1. The first kappa shape index (κ1) is 13.6. The second-order valence-corrected chi connectivity index (χ2v) is 6.62. The first-order valence-electron chi connectivity index (χ1n) is 6.96. The fourth-order valence-electron chi connectivity index (χ4n) is 2.69. The monoisotopic (exact) mass is 273 g/mol. The molecule has 106 valence electrons. The molecule has 2 aliphatic heterocycles. The van der Waals surface area contributed by atoms with Crippen LogP contribution in [0.2, 0.25) is 0 Å². The molecule has 0 aromatic heterocycles. The third kappa shape index (κ3) is 1.80. The summed E-state index contributed by atoms with van der Waals surface area (Å²) in [6.45, 7) is 8.76. The minimum absolute atomic E-state index is 0.0679. The van der Waals surface area contributed by atoms with Crippen LogP contribution >= 0.6 is 0 Å². The average Bonchev–Trinajstić information content (AvgIpc) is 2.74. The first-order chi connectivity index (χ1) is 9.23. The highest BCUT2D eigenvalue weighted by atomic mass is 16.7. The Balaban J connectivity index is 2.01. The van der Waals surface area contributed by atoms with E-state index in [1.54, 1.807) is 4.90 Å². The Kier molecular flexibility index (Phi) is 2.79. The number of carbonyl (C=O) groups excluding carboxylic acids is 1. The highest BCUT2D eigenvalue weighted by Crippen LogP contribution is 2.37. The summed E-state index contributed by atoms with van der Waals surface area (Å²) in [5, 5.41) is 0. The molecule has 3 rings (SSSR count). The molecule has 0 spiro atoms. The third-order valence-corrected chi connectivity index (χ3v) is 4.69. The molecule has 1 amide bonds. The van der Waals surface area contributed by atoms with Crippen LogP contribution < -0.4 is 5.46 Å². The van der Waals surface area contributed by atoms with E-state index in [9.17, 15) is 4.79 Å². The lowest BCUT2D eigenvalue weighted by molar-refractivity contribution is 0.00578. The molecular formula is C15H20BNO3. The van der Waals surface area contributed by atoms with Crippen molar-refractivity contribution in [2.24, 2.45) is 0 Å². The quantitative estimate of drug-likeness (QED) is 0.729. The van der Waals surface area contributed by atoms with Crippen LogP contribution in [0.25, 0.3) is 0 Å². The number of hydrogen-bond acceptors (Lipinski definition) is 3. The van der Waals surface area contributed by atoms with E-state index in [2.05, 4.69) is 0 Å². The van der Waals surface area contributed by atoms with Crippen LogP contribution in [0.15, 0.2) is 18.2 Å². The second-order valence-electron chi connectivity index (χ2n) is 6.62. The van der Waals surface area contributed by atoms with E-state index in [4.69, 9.17) is 9.31 Å². The predicted molar refractivity (Wildman–Crippen MR) is 78.0 cm³/mol. The molecule has 0 N–H and O–H groups in total. The number of rotatable bonds is 1. The zero-order chi connectivity index (χ0) is 14.7. The fourth-order valence-corrected chi connectivity index (χ4v) is 2.69. The number of carbonyl (C=O) groups is 1. The molecule has 0 atom stereocenters. The Morgan fingerprint density at radius 1 is 1.15 bits per heavy atom. The average molecular weight is 273 g/mol. The van der Waals surface area contributed by atoms with Gasteiger partial charge in [-0.25, -0.2) is 0 Å². The van der Waals surface area contributed by atoms with E-state index in [1.165, 1.54) is 0 Å². The van der Waals surface area contributed by atoms with Crippen molar-refractivity contribution >= 4 is 18.5 Å². The molecule has 0 bridgehead atoms. The third-order valence-electron chi connectivity index (χ3n) is 4.69. The van der Waals surface area contributed by atoms with E-state index in [1.807, 2.05) is 52.9 Å². The van der Waals surface area contributed by atoms with Gasteiger partial charge in [0.25, 0.3) is 5.91 Å². The molecule has 2 heterocycles. The smallest absolute Gasteiger partial charge is 0.399 e. The Morgan fingerprint density at radius 2 is 1.75 bits per heavy atom. The maximum absolute atomic E-state index is 12.1. The van der Waals surface area contributed by atoms with Gasteiger partial charge in [-0.2, -0.15) is 0 Å². The summed E-state index contributed by atoms with van der Waals surface area (Å²) in [6.07, 6.45) is 0. The van der Waals surface area contributed by atoms with Gasteiger partial charge in [-0.1, -0.05) is 12.1 Å². The van der Waals surface area contributed by atoms with Crippen LogP contribution in [0.5, 0.6) is 0 Å². The maximum Gasteiger partial charge on any atom is 0.495 e. The Bertz CT molecular complexity index is 566. The van der Waals surface area contributed by atoms with E-state index >= 15 is 0 Å². The molecular weight excluding hydrogens is 253 g/mol. The lowest BCUT2D eigenvalue weighted by Gasteiger charge is -2.32. The summed E-state index contributed by atoms with van der Waals surface area (Å²) in [6, 6.07) is 5.76. The number of nitrogens with zero attached hydrogens (tertiary/aromatic N) is 1. The second kappa shape index (κ2) is 4.09. The molecule has 1 aromatic carbocycles. The fraction of sp³-hybridized carbons (Fsp3) is 0.533. The van der Waals surface area contributed by atoms with Crippen molar-refractivity contribution in [3.05, 3.63) is 29.3 Å². The summed E-state index contributed by atoms with van der Waals surface area (Å²) < 4.78 is 12.2. The molecule has 4 nitrogen and oxygen atoms in total. The van der Waals surface area contributed by atoms with Gasteiger partial charge in [0.05, 0.1) is 11.2 Å². The van der Waals surface area contributed by atoms with E-state index < -0.39 is 7.12 Å². The van der Waals surface area contributed by atoms with E-state index in [0.717, 1.165) is 16.6 Å². The van der Waals surface area contributed by atoms with Gasteiger partial charge >= 0.3 is 7.12 Å². The molecule has 0 radical (unpaired) electrons. The standard InChI is InChI=1S/C15H20BNO3/c1-14(2)15(3,4)20-16(19-14)12-8-6-7-10-11(12)9-17(5)13(10)18/h6-8H,9H2,1-5H3. The topological polar surface area (TPSA) is 38.8 Å². The summed E-state index contributed by atoms with van der Waals surface area (Å²) >= 11 is 0. The summed E-state index contributed by atoms with van der Waals surface area (Å²) in [5.74, 6) is 0.0679. The van der Waals surface area contributed by atoms with Crippen LogP contribution in [0.1, 0.15) is 43.6 Å². The molecule has 5 heteroatoms. The Labute approximate surface area is 120 Å². The SMILES string of the molecule is CN1Cc2c(B3OC(C)(C)C(C)(C)O3)cccc2C1=O. The molecule has 20 heavy (non-hydrogen) atoms. The minimum Gasteiger partial charge on any atom is -0.399 e. The number of amides is 1. The number of benzene rings is 1. The van der Waals surface area contributed by atoms with Crippen molar-refractivity contribution in [1.29, 1.82) is 0 Å². The Hall–Kier alpha value is -1.33. The van der Waals surface area contributed by atoms with Crippen LogP contribution in [0.3, 0.4) is 0 Å². The van der Waals surface area contributed by atoms with Gasteiger partial charge < -0.3 is 14.2 Å². The maximum atomic E-state index is 12.1. The number of hydrogen-bond donors (Lipinski definition) is 0. The highest BCUT2D eigenvalue weighted by molar-refractivity contribution is 6.62. The Morgan fingerprint density at radius 3 is 2.35 bits per heavy atom. The van der Waals surface area contributed by atoms with Crippen LogP contribution in [0.4, 0.5) is 0 Å². The zero-order valence-electron chi connectivity index (χ0n) is 12.7. The summed E-state index contributed by atoms with van der Waals surface area (Å²) in [5.41, 5.74) is 2.03. The lowest BCUT2D eigenvalue weighted by atomic mass is 9.75. The minimum atomic E-state index is -0.408. The van der Waals surface area contributed by atoms with Gasteiger partial charge in [0.15, 0.2) is 0 Å². The lowest BCUT2D eigenvalue weighted by Crippen LogP contribution is -2.41. The summed E-state index contributed by atoms with van der Waals surface area (Å²) in [4.78, 5) is 13.8. The molecule has 1 aromatic rings. The van der Waals surface area contributed by atoms with Gasteiger partial charge in [0.1, 0.15) is 0 Å². The zero-order valence-corrected chi connectivity index (χ0v) is 12.7. The van der Waals surface area contributed by atoms with Crippen LogP contribution in [-0.2, 0) is 15.9 Å². The van der Waals surface area contributed by atoms with Crippen molar-refractivity contribution in [3.63, 3.8) is 0 Å². The van der Waals surface area contributed by atoms with Crippen molar-refractivity contribution in [3.8, 4) is 0 Å². The highest BCUT2D eigenvalue weighted by Gasteiger charge is 2.52. The van der Waals surface area contributed by atoms with Gasteiger partial charge in [-0.3, -0.25) is 4.79 Å². The predicted octanol–water partition coefficient (Wildman–Crippen LogP) is 1.57. The molecule has 1 saturated heterocycles. The van der Waals surface area contributed by atoms with Crippen molar-refractivity contribution in [2.45, 2.75) is 45.4 Å². The van der Waals surface area contributed by atoms with Gasteiger partial charge in [0.2, 0.25) is 0 Å². The van der Waals surface area contributed by atoms with Crippen LogP contribution in [0, 0.1) is 0 Å². The van der Waals surface area contributed by atoms with Crippen molar-refractivity contribution in [2.75, 3.05) is 7.05 Å².